The zero-order valence-electron chi connectivity index (χ0n) is 12.3. The molecule has 2 heterocycles. The van der Waals surface area contributed by atoms with Crippen molar-refractivity contribution in [2.24, 2.45) is 5.92 Å². The molecule has 1 saturated heterocycles. The molecular weight excluding hydrogens is 248 g/mol. The van der Waals surface area contributed by atoms with E-state index in [1.54, 1.807) is 6.33 Å². The van der Waals surface area contributed by atoms with Gasteiger partial charge in [0.25, 0.3) is 0 Å². The molecule has 1 aromatic rings. The first-order valence-corrected chi connectivity index (χ1v) is 8.12. The Morgan fingerprint density at radius 3 is 2.90 bits per heavy atom. The van der Waals surface area contributed by atoms with Crippen LogP contribution >= 0.6 is 0 Å². The van der Waals surface area contributed by atoms with E-state index in [1.165, 1.54) is 58.2 Å². The van der Waals surface area contributed by atoms with E-state index in [2.05, 4.69) is 20.2 Å². The molecule has 0 aromatic carbocycles. The quantitative estimate of drug-likeness (QED) is 0.917. The van der Waals surface area contributed by atoms with Gasteiger partial charge in [-0.3, -0.25) is 4.90 Å². The maximum absolute atomic E-state index is 4.37. The van der Waals surface area contributed by atoms with Crippen molar-refractivity contribution in [2.75, 3.05) is 19.6 Å². The molecule has 2 fully saturated rings. The van der Waals surface area contributed by atoms with Crippen LogP contribution in [0, 0.1) is 5.92 Å². The molecule has 0 radical (unpaired) electrons. The Labute approximate surface area is 122 Å². The molecule has 1 aliphatic heterocycles. The molecule has 110 valence electrons. The predicted molar refractivity (Wildman–Crippen MR) is 80.3 cm³/mol. The van der Waals surface area contributed by atoms with E-state index in [4.69, 9.17) is 0 Å². The third-order valence-electron chi connectivity index (χ3n) is 4.76. The van der Waals surface area contributed by atoms with Crippen molar-refractivity contribution < 1.29 is 0 Å². The lowest BCUT2D eigenvalue weighted by Gasteiger charge is -2.32. The van der Waals surface area contributed by atoms with Crippen molar-refractivity contribution in [3.8, 4) is 0 Å². The summed E-state index contributed by atoms with van der Waals surface area (Å²) in [5.74, 6) is 0.884. The zero-order chi connectivity index (χ0) is 13.6. The molecule has 3 rings (SSSR count). The Balaban J connectivity index is 1.59. The Morgan fingerprint density at radius 1 is 1.20 bits per heavy atom. The highest BCUT2D eigenvalue weighted by molar-refractivity contribution is 4.98. The van der Waals surface area contributed by atoms with Crippen molar-refractivity contribution in [3.63, 3.8) is 0 Å². The second kappa shape index (κ2) is 7.14. The molecule has 1 aromatic heterocycles. The van der Waals surface area contributed by atoms with Gasteiger partial charge in [0.05, 0.1) is 5.69 Å². The van der Waals surface area contributed by atoms with Gasteiger partial charge < -0.3 is 5.32 Å². The Bertz CT molecular complexity index is 389. The van der Waals surface area contributed by atoms with Crippen LogP contribution in [-0.2, 0) is 6.54 Å². The van der Waals surface area contributed by atoms with E-state index in [0.29, 0.717) is 6.04 Å². The van der Waals surface area contributed by atoms with Crippen LogP contribution in [0.4, 0.5) is 0 Å². The van der Waals surface area contributed by atoms with E-state index in [1.807, 2.05) is 12.3 Å². The molecule has 0 amide bonds. The third kappa shape index (κ3) is 3.76. The number of hydrogen-bond acceptors (Lipinski definition) is 4. The molecule has 2 aliphatic rings. The molecule has 0 spiro atoms. The van der Waals surface area contributed by atoms with Crippen molar-refractivity contribution in [2.45, 2.75) is 51.1 Å². The van der Waals surface area contributed by atoms with Crippen LogP contribution in [0.2, 0.25) is 0 Å². The van der Waals surface area contributed by atoms with Gasteiger partial charge in [0.15, 0.2) is 0 Å². The molecule has 20 heavy (non-hydrogen) atoms. The monoisotopic (exact) mass is 274 g/mol. The van der Waals surface area contributed by atoms with E-state index in [-0.39, 0.29) is 0 Å². The van der Waals surface area contributed by atoms with Gasteiger partial charge in [-0.05, 0) is 44.3 Å². The molecule has 1 atom stereocenters. The Kier molecular flexibility index (Phi) is 4.98. The van der Waals surface area contributed by atoms with Gasteiger partial charge in [0, 0.05) is 25.3 Å². The van der Waals surface area contributed by atoms with Gasteiger partial charge in [-0.2, -0.15) is 0 Å². The largest absolute Gasteiger partial charge is 0.312 e. The van der Waals surface area contributed by atoms with Crippen LogP contribution in [0.1, 0.15) is 44.2 Å². The molecule has 1 saturated carbocycles. The number of hydrogen-bond donors (Lipinski definition) is 1. The second-order valence-electron chi connectivity index (χ2n) is 6.25. The van der Waals surface area contributed by atoms with Crippen LogP contribution in [0.5, 0.6) is 0 Å². The minimum atomic E-state index is 0.680. The summed E-state index contributed by atoms with van der Waals surface area (Å²) in [4.78, 5) is 10.9. The van der Waals surface area contributed by atoms with Gasteiger partial charge in [0.2, 0.25) is 0 Å². The summed E-state index contributed by atoms with van der Waals surface area (Å²) >= 11 is 0. The van der Waals surface area contributed by atoms with Gasteiger partial charge in [0.1, 0.15) is 6.33 Å². The number of aromatic nitrogens is 2. The molecule has 1 aliphatic carbocycles. The van der Waals surface area contributed by atoms with Crippen LogP contribution < -0.4 is 5.32 Å². The number of nitrogens with zero attached hydrogens (tertiary/aromatic N) is 3. The topological polar surface area (TPSA) is 41.0 Å². The van der Waals surface area contributed by atoms with Crippen LogP contribution in [0.25, 0.3) is 0 Å². The normalized spacial score (nSPS) is 26.3. The summed E-state index contributed by atoms with van der Waals surface area (Å²) in [5, 5.41) is 3.79. The first-order chi connectivity index (χ1) is 9.92. The zero-order valence-corrected chi connectivity index (χ0v) is 12.3. The van der Waals surface area contributed by atoms with E-state index >= 15 is 0 Å². The van der Waals surface area contributed by atoms with Crippen molar-refractivity contribution in [1.82, 2.24) is 20.2 Å². The van der Waals surface area contributed by atoms with Crippen LogP contribution in [0.15, 0.2) is 18.6 Å². The molecule has 0 bridgehead atoms. The minimum absolute atomic E-state index is 0.680. The summed E-state index contributed by atoms with van der Waals surface area (Å²) in [7, 11) is 0. The SMILES string of the molecule is c1cc(CN2CCCNC(C3CCCCC3)C2)ncn1. The van der Waals surface area contributed by atoms with Crippen LogP contribution in [0.3, 0.4) is 0 Å². The van der Waals surface area contributed by atoms with Gasteiger partial charge in [-0.15, -0.1) is 0 Å². The van der Waals surface area contributed by atoms with Crippen molar-refractivity contribution >= 4 is 0 Å². The molecule has 4 heteroatoms. The molecular formula is C16H26N4. The van der Waals surface area contributed by atoms with E-state index in [9.17, 15) is 0 Å². The fourth-order valence-electron chi connectivity index (χ4n) is 3.66. The Morgan fingerprint density at radius 2 is 2.10 bits per heavy atom. The third-order valence-corrected chi connectivity index (χ3v) is 4.76. The fourth-order valence-corrected chi connectivity index (χ4v) is 3.66. The van der Waals surface area contributed by atoms with Crippen molar-refractivity contribution in [1.29, 1.82) is 0 Å². The maximum atomic E-state index is 4.37. The minimum Gasteiger partial charge on any atom is -0.312 e. The second-order valence-corrected chi connectivity index (χ2v) is 6.25. The lowest BCUT2D eigenvalue weighted by molar-refractivity contribution is 0.200. The smallest absolute Gasteiger partial charge is 0.115 e. The first-order valence-electron chi connectivity index (χ1n) is 8.12. The van der Waals surface area contributed by atoms with Gasteiger partial charge >= 0.3 is 0 Å². The lowest BCUT2D eigenvalue weighted by atomic mass is 9.83. The standard InChI is InChI=1S/C16H26N4/c1-2-5-14(6-3-1)16-12-20(10-4-8-18-16)11-15-7-9-17-13-19-15/h7,9,13-14,16,18H,1-6,8,10-12H2. The molecule has 4 nitrogen and oxygen atoms in total. The maximum Gasteiger partial charge on any atom is 0.115 e. The van der Waals surface area contributed by atoms with E-state index in [0.717, 1.165) is 18.2 Å². The highest BCUT2D eigenvalue weighted by atomic mass is 15.2. The first kappa shape index (κ1) is 14.0. The van der Waals surface area contributed by atoms with E-state index < -0.39 is 0 Å². The fraction of sp³-hybridized carbons (Fsp3) is 0.750. The lowest BCUT2D eigenvalue weighted by Crippen LogP contribution is -2.43. The summed E-state index contributed by atoms with van der Waals surface area (Å²) in [6.07, 6.45) is 11.9. The van der Waals surface area contributed by atoms with Gasteiger partial charge in [-0.25, -0.2) is 9.97 Å². The summed E-state index contributed by atoms with van der Waals surface area (Å²) in [5.41, 5.74) is 1.14. The summed E-state index contributed by atoms with van der Waals surface area (Å²) in [6.45, 7) is 4.49. The predicted octanol–water partition coefficient (Wildman–Crippen LogP) is 2.22. The number of rotatable bonds is 3. The average Bonchev–Trinajstić information content (AvgIpc) is 2.75. The Hall–Kier alpha value is -1.00. The summed E-state index contributed by atoms with van der Waals surface area (Å²) < 4.78 is 0. The highest BCUT2D eigenvalue weighted by Crippen LogP contribution is 2.27. The molecule has 1 unspecified atom stereocenters. The van der Waals surface area contributed by atoms with Crippen molar-refractivity contribution in [3.05, 3.63) is 24.3 Å². The average molecular weight is 274 g/mol. The number of nitrogens with one attached hydrogen (secondary N) is 1. The van der Waals surface area contributed by atoms with Gasteiger partial charge in [-0.1, -0.05) is 19.3 Å². The highest BCUT2D eigenvalue weighted by Gasteiger charge is 2.26. The molecule has 1 N–H and O–H groups in total. The van der Waals surface area contributed by atoms with Crippen LogP contribution in [-0.4, -0.2) is 40.5 Å². The summed E-state index contributed by atoms with van der Waals surface area (Å²) in [6, 6.07) is 2.72.